The Bertz CT molecular complexity index is 417. The lowest BCUT2D eigenvalue weighted by Gasteiger charge is -2.29. The number of hydrogen-bond acceptors (Lipinski definition) is 2. The second-order valence-corrected chi connectivity index (χ2v) is 5.81. The molecule has 0 spiro atoms. The number of benzene rings is 1. The SMILES string of the molecule is CCC1CCCC(Oc2c(Br)cccc2C=O)C1. The van der Waals surface area contributed by atoms with Gasteiger partial charge in [0.05, 0.1) is 16.1 Å². The standard InChI is InChI=1S/C15H19BrO2/c1-2-11-5-3-7-13(9-11)18-15-12(10-17)6-4-8-14(15)16/h4,6,8,10-11,13H,2-3,5,7,9H2,1H3. The number of ether oxygens (including phenoxy) is 1. The fourth-order valence-electron chi connectivity index (χ4n) is 2.63. The molecule has 0 radical (unpaired) electrons. The second kappa shape index (κ2) is 6.37. The molecule has 2 unspecified atom stereocenters. The molecule has 1 saturated carbocycles. The minimum atomic E-state index is 0.251. The van der Waals surface area contributed by atoms with Crippen molar-refractivity contribution >= 4 is 22.2 Å². The molecule has 98 valence electrons. The van der Waals surface area contributed by atoms with Crippen LogP contribution in [-0.4, -0.2) is 12.4 Å². The zero-order valence-corrected chi connectivity index (χ0v) is 12.3. The summed E-state index contributed by atoms with van der Waals surface area (Å²) < 4.78 is 6.93. The lowest BCUT2D eigenvalue weighted by molar-refractivity contribution is 0.108. The van der Waals surface area contributed by atoms with Crippen molar-refractivity contribution in [2.45, 2.75) is 45.1 Å². The largest absolute Gasteiger partial charge is 0.488 e. The van der Waals surface area contributed by atoms with E-state index >= 15 is 0 Å². The monoisotopic (exact) mass is 310 g/mol. The molecule has 1 aliphatic carbocycles. The number of halogens is 1. The van der Waals surface area contributed by atoms with Crippen LogP contribution in [0.5, 0.6) is 5.75 Å². The van der Waals surface area contributed by atoms with E-state index in [1.807, 2.05) is 12.1 Å². The summed E-state index contributed by atoms with van der Waals surface area (Å²) in [5.74, 6) is 1.47. The average molecular weight is 311 g/mol. The van der Waals surface area contributed by atoms with Crippen LogP contribution < -0.4 is 4.74 Å². The smallest absolute Gasteiger partial charge is 0.153 e. The van der Waals surface area contributed by atoms with Crippen molar-refractivity contribution in [3.63, 3.8) is 0 Å². The lowest BCUT2D eigenvalue weighted by Crippen LogP contribution is -2.25. The highest BCUT2D eigenvalue weighted by Crippen LogP contribution is 2.34. The molecule has 0 aliphatic heterocycles. The summed E-state index contributed by atoms with van der Waals surface area (Å²) in [4.78, 5) is 11.0. The maximum Gasteiger partial charge on any atom is 0.153 e. The average Bonchev–Trinajstić information content (AvgIpc) is 2.41. The van der Waals surface area contributed by atoms with E-state index in [1.54, 1.807) is 6.07 Å². The van der Waals surface area contributed by atoms with E-state index in [4.69, 9.17) is 4.74 Å². The third kappa shape index (κ3) is 3.14. The molecule has 3 heteroatoms. The van der Waals surface area contributed by atoms with Crippen molar-refractivity contribution in [2.24, 2.45) is 5.92 Å². The third-order valence-electron chi connectivity index (χ3n) is 3.72. The van der Waals surface area contributed by atoms with E-state index in [-0.39, 0.29) is 6.10 Å². The second-order valence-electron chi connectivity index (χ2n) is 4.96. The van der Waals surface area contributed by atoms with E-state index in [2.05, 4.69) is 22.9 Å². The predicted molar refractivity (Wildman–Crippen MR) is 76.2 cm³/mol. The first-order valence-electron chi connectivity index (χ1n) is 6.65. The van der Waals surface area contributed by atoms with Crippen LogP contribution >= 0.6 is 15.9 Å². The highest BCUT2D eigenvalue weighted by Gasteiger charge is 2.23. The highest BCUT2D eigenvalue weighted by molar-refractivity contribution is 9.10. The molecule has 1 aromatic carbocycles. The number of hydrogen-bond donors (Lipinski definition) is 0. The van der Waals surface area contributed by atoms with Gasteiger partial charge < -0.3 is 4.74 Å². The van der Waals surface area contributed by atoms with Crippen LogP contribution in [0.2, 0.25) is 0 Å². The van der Waals surface area contributed by atoms with Gasteiger partial charge in [-0.1, -0.05) is 25.8 Å². The minimum absolute atomic E-state index is 0.251. The summed E-state index contributed by atoms with van der Waals surface area (Å²) in [6.45, 7) is 2.24. The first kappa shape index (κ1) is 13.6. The van der Waals surface area contributed by atoms with Crippen molar-refractivity contribution in [1.82, 2.24) is 0 Å². The Balaban J connectivity index is 2.11. The topological polar surface area (TPSA) is 26.3 Å². The van der Waals surface area contributed by atoms with E-state index in [1.165, 1.54) is 19.3 Å². The molecule has 0 heterocycles. The lowest BCUT2D eigenvalue weighted by atomic mass is 9.85. The normalized spacial score (nSPS) is 23.7. The predicted octanol–water partition coefficient (Wildman–Crippen LogP) is 4.61. The van der Waals surface area contributed by atoms with Crippen molar-refractivity contribution in [2.75, 3.05) is 0 Å². The van der Waals surface area contributed by atoms with Crippen molar-refractivity contribution < 1.29 is 9.53 Å². The van der Waals surface area contributed by atoms with Crippen LogP contribution in [-0.2, 0) is 0 Å². The Kier molecular flexibility index (Phi) is 4.81. The summed E-state index contributed by atoms with van der Waals surface area (Å²) in [6.07, 6.45) is 7.07. The summed E-state index contributed by atoms with van der Waals surface area (Å²) in [5, 5.41) is 0. The summed E-state index contributed by atoms with van der Waals surface area (Å²) >= 11 is 3.46. The van der Waals surface area contributed by atoms with Crippen LogP contribution in [0.4, 0.5) is 0 Å². The molecule has 1 fully saturated rings. The molecular formula is C15H19BrO2. The van der Waals surface area contributed by atoms with Crippen LogP contribution in [0.3, 0.4) is 0 Å². The number of rotatable bonds is 4. The molecule has 2 atom stereocenters. The van der Waals surface area contributed by atoms with Crippen LogP contribution in [0.25, 0.3) is 0 Å². The zero-order chi connectivity index (χ0) is 13.0. The fourth-order valence-corrected chi connectivity index (χ4v) is 3.10. The van der Waals surface area contributed by atoms with Gasteiger partial charge in [0.15, 0.2) is 6.29 Å². The van der Waals surface area contributed by atoms with Crippen LogP contribution in [0.1, 0.15) is 49.4 Å². The Morgan fingerprint density at radius 1 is 1.44 bits per heavy atom. The minimum Gasteiger partial charge on any atom is -0.488 e. The van der Waals surface area contributed by atoms with E-state index in [0.29, 0.717) is 11.3 Å². The Labute approximate surface area is 117 Å². The highest BCUT2D eigenvalue weighted by atomic mass is 79.9. The van der Waals surface area contributed by atoms with Crippen LogP contribution in [0.15, 0.2) is 22.7 Å². The molecule has 0 amide bonds. The molecule has 0 aromatic heterocycles. The van der Waals surface area contributed by atoms with Gasteiger partial charge in [-0.3, -0.25) is 4.79 Å². The van der Waals surface area contributed by atoms with Crippen molar-refractivity contribution in [3.8, 4) is 5.75 Å². The Morgan fingerprint density at radius 2 is 2.28 bits per heavy atom. The van der Waals surface area contributed by atoms with Gasteiger partial charge in [-0.2, -0.15) is 0 Å². The van der Waals surface area contributed by atoms with Gasteiger partial charge in [0.2, 0.25) is 0 Å². The van der Waals surface area contributed by atoms with Crippen molar-refractivity contribution in [1.29, 1.82) is 0 Å². The molecule has 1 aliphatic rings. The summed E-state index contributed by atoms with van der Waals surface area (Å²) in [6, 6.07) is 5.58. The molecule has 0 N–H and O–H groups in total. The maximum atomic E-state index is 11.0. The Hall–Kier alpha value is -0.830. The number of para-hydroxylation sites is 1. The van der Waals surface area contributed by atoms with E-state index in [0.717, 1.165) is 29.5 Å². The fraction of sp³-hybridized carbons (Fsp3) is 0.533. The molecular weight excluding hydrogens is 292 g/mol. The quantitative estimate of drug-likeness (QED) is 0.759. The van der Waals surface area contributed by atoms with Crippen LogP contribution in [0, 0.1) is 5.92 Å². The molecule has 1 aromatic rings. The first-order valence-corrected chi connectivity index (χ1v) is 7.44. The first-order chi connectivity index (χ1) is 8.74. The number of carbonyl (C=O) groups excluding carboxylic acids is 1. The van der Waals surface area contributed by atoms with Gasteiger partial charge in [-0.05, 0) is 53.2 Å². The zero-order valence-electron chi connectivity index (χ0n) is 10.7. The molecule has 2 rings (SSSR count). The van der Waals surface area contributed by atoms with E-state index in [9.17, 15) is 4.79 Å². The Morgan fingerprint density at radius 3 is 3.00 bits per heavy atom. The van der Waals surface area contributed by atoms with E-state index < -0.39 is 0 Å². The summed E-state index contributed by atoms with van der Waals surface area (Å²) in [7, 11) is 0. The number of aldehydes is 1. The summed E-state index contributed by atoms with van der Waals surface area (Å²) in [5.41, 5.74) is 0.628. The van der Waals surface area contributed by atoms with Gasteiger partial charge in [0, 0.05) is 0 Å². The third-order valence-corrected chi connectivity index (χ3v) is 4.35. The van der Waals surface area contributed by atoms with Gasteiger partial charge in [-0.15, -0.1) is 0 Å². The van der Waals surface area contributed by atoms with Gasteiger partial charge >= 0.3 is 0 Å². The van der Waals surface area contributed by atoms with Gasteiger partial charge in [0.25, 0.3) is 0 Å². The number of carbonyl (C=O) groups is 1. The van der Waals surface area contributed by atoms with Crippen molar-refractivity contribution in [3.05, 3.63) is 28.2 Å². The molecule has 2 nitrogen and oxygen atoms in total. The molecule has 0 bridgehead atoms. The molecule has 18 heavy (non-hydrogen) atoms. The van der Waals surface area contributed by atoms with Gasteiger partial charge in [0.1, 0.15) is 5.75 Å². The molecule has 0 saturated heterocycles. The maximum absolute atomic E-state index is 11.0. The van der Waals surface area contributed by atoms with Gasteiger partial charge in [-0.25, -0.2) is 0 Å².